The smallest absolute Gasteiger partial charge is 0.340 e. The average molecular weight is 391 g/mol. The Kier molecular flexibility index (Phi) is 5.45. The van der Waals surface area contributed by atoms with Crippen molar-refractivity contribution in [3.8, 4) is 11.3 Å². The molecule has 1 amide bonds. The number of anilines is 1. The van der Waals surface area contributed by atoms with Gasteiger partial charge >= 0.3 is 5.97 Å². The molecule has 0 bridgehead atoms. The predicted octanol–water partition coefficient (Wildman–Crippen LogP) is 3.66. The standard InChI is InChI=1S/C17H11ClN2O5S/c18-13-3-1-10(14-4-2-11(8-21)25-14)7-12(13)16(23)24-9-15(22)20-17-19-5-6-26-17/h1-8H,9H2,(H,19,20,22). The van der Waals surface area contributed by atoms with Crippen molar-refractivity contribution in [3.05, 3.63) is 58.3 Å². The highest BCUT2D eigenvalue weighted by Gasteiger charge is 2.16. The molecule has 0 atom stereocenters. The van der Waals surface area contributed by atoms with Gasteiger partial charge in [-0.25, -0.2) is 9.78 Å². The summed E-state index contributed by atoms with van der Waals surface area (Å²) in [7, 11) is 0. The summed E-state index contributed by atoms with van der Waals surface area (Å²) in [6, 6.07) is 7.73. The monoisotopic (exact) mass is 390 g/mol. The van der Waals surface area contributed by atoms with Crippen LogP contribution in [0.5, 0.6) is 0 Å². The minimum atomic E-state index is -0.756. The Labute approximate surface area is 156 Å². The number of carbonyl (C=O) groups is 3. The second-order valence-electron chi connectivity index (χ2n) is 4.98. The van der Waals surface area contributed by atoms with Crippen molar-refractivity contribution in [3.63, 3.8) is 0 Å². The lowest BCUT2D eigenvalue weighted by Crippen LogP contribution is -2.21. The van der Waals surface area contributed by atoms with Gasteiger partial charge in [0.05, 0.1) is 10.6 Å². The van der Waals surface area contributed by atoms with E-state index in [-0.39, 0.29) is 16.3 Å². The van der Waals surface area contributed by atoms with Crippen molar-refractivity contribution < 1.29 is 23.5 Å². The van der Waals surface area contributed by atoms with Crippen molar-refractivity contribution in [2.75, 3.05) is 11.9 Å². The number of nitrogens with zero attached hydrogens (tertiary/aromatic N) is 1. The summed E-state index contributed by atoms with van der Waals surface area (Å²) in [5, 5.41) is 4.79. The van der Waals surface area contributed by atoms with E-state index >= 15 is 0 Å². The molecule has 3 aromatic rings. The zero-order chi connectivity index (χ0) is 18.5. The third kappa shape index (κ3) is 4.16. The Hall–Kier alpha value is -2.97. The van der Waals surface area contributed by atoms with Gasteiger partial charge in [0, 0.05) is 17.1 Å². The molecule has 26 heavy (non-hydrogen) atoms. The molecule has 2 aromatic heterocycles. The van der Waals surface area contributed by atoms with Gasteiger partial charge in [-0.2, -0.15) is 0 Å². The number of hydrogen-bond acceptors (Lipinski definition) is 7. The molecule has 0 aliphatic heterocycles. The summed E-state index contributed by atoms with van der Waals surface area (Å²) in [6.07, 6.45) is 2.12. The molecule has 3 rings (SSSR count). The number of ether oxygens (including phenoxy) is 1. The summed E-state index contributed by atoms with van der Waals surface area (Å²) in [5.74, 6) is -0.701. The Morgan fingerprint density at radius 2 is 2.15 bits per heavy atom. The number of halogens is 1. The van der Waals surface area contributed by atoms with Crippen LogP contribution in [0.1, 0.15) is 20.9 Å². The fourth-order valence-corrected chi connectivity index (χ4v) is 2.80. The van der Waals surface area contributed by atoms with Gasteiger partial charge in [-0.3, -0.25) is 14.9 Å². The maximum atomic E-state index is 12.2. The van der Waals surface area contributed by atoms with Gasteiger partial charge in [0.15, 0.2) is 23.8 Å². The van der Waals surface area contributed by atoms with Crippen molar-refractivity contribution in [1.82, 2.24) is 4.98 Å². The summed E-state index contributed by atoms with van der Waals surface area (Å²) in [5.41, 5.74) is 0.622. The van der Waals surface area contributed by atoms with Crippen LogP contribution in [0.25, 0.3) is 11.3 Å². The maximum absolute atomic E-state index is 12.2. The lowest BCUT2D eigenvalue weighted by Gasteiger charge is -2.07. The van der Waals surface area contributed by atoms with E-state index in [0.29, 0.717) is 22.7 Å². The first-order chi connectivity index (χ1) is 12.6. The number of aldehydes is 1. The summed E-state index contributed by atoms with van der Waals surface area (Å²) < 4.78 is 10.3. The Morgan fingerprint density at radius 1 is 1.31 bits per heavy atom. The molecule has 0 aliphatic carbocycles. The maximum Gasteiger partial charge on any atom is 0.340 e. The number of amides is 1. The van der Waals surface area contributed by atoms with Crippen LogP contribution in [-0.4, -0.2) is 29.8 Å². The fourth-order valence-electron chi connectivity index (χ4n) is 2.06. The van der Waals surface area contributed by atoms with E-state index in [0.717, 1.165) is 0 Å². The third-order valence-electron chi connectivity index (χ3n) is 3.23. The van der Waals surface area contributed by atoms with Crippen molar-refractivity contribution in [2.45, 2.75) is 0 Å². The highest BCUT2D eigenvalue weighted by molar-refractivity contribution is 7.13. The van der Waals surface area contributed by atoms with Crippen LogP contribution in [0.4, 0.5) is 5.13 Å². The molecule has 1 N–H and O–H groups in total. The van der Waals surface area contributed by atoms with Gasteiger partial charge in [0.2, 0.25) is 0 Å². The molecule has 0 spiro atoms. The number of hydrogen-bond donors (Lipinski definition) is 1. The van der Waals surface area contributed by atoms with Crippen LogP contribution in [0.2, 0.25) is 5.02 Å². The van der Waals surface area contributed by atoms with Crippen molar-refractivity contribution in [1.29, 1.82) is 0 Å². The van der Waals surface area contributed by atoms with Gasteiger partial charge in [0.25, 0.3) is 5.91 Å². The normalized spacial score (nSPS) is 10.3. The van der Waals surface area contributed by atoms with Gasteiger partial charge in [-0.1, -0.05) is 11.6 Å². The van der Waals surface area contributed by atoms with Gasteiger partial charge in [0.1, 0.15) is 5.76 Å². The zero-order valence-corrected chi connectivity index (χ0v) is 14.7. The minimum absolute atomic E-state index is 0.0790. The van der Waals surface area contributed by atoms with Gasteiger partial charge < -0.3 is 9.15 Å². The minimum Gasteiger partial charge on any atom is -0.453 e. The SMILES string of the molecule is O=Cc1ccc(-c2ccc(Cl)c(C(=O)OCC(=O)Nc3nccs3)c2)o1. The van der Waals surface area contributed by atoms with E-state index in [4.69, 9.17) is 20.8 Å². The van der Waals surface area contributed by atoms with Crippen LogP contribution in [-0.2, 0) is 9.53 Å². The number of rotatable bonds is 6. The topological polar surface area (TPSA) is 98.5 Å². The lowest BCUT2D eigenvalue weighted by atomic mass is 10.1. The first kappa shape index (κ1) is 17.8. The van der Waals surface area contributed by atoms with Crippen LogP contribution < -0.4 is 5.32 Å². The molecule has 0 aliphatic rings. The van der Waals surface area contributed by atoms with E-state index < -0.39 is 18.5 Å². The number of carbonyl (C=O) groups excluding carboxylic acids is 3. The molecule has 0 saturated heterocycles. The van der Waals surface area contributed by atoms with Crippen LogP contribution >= 0.6 is 22.9 Å². The fraction of sp³-hybridized carbons (Fsp3) is 0.0588. The summed E-state index contributed by atoms with van der Waals surface area (Å²) in [4.78, 5) is 38.6. The predicted molar refractivity (Wildman–Crippen MR) is 95.6 cm³/mol. The highest BCUT2D eigenvalue weighted by atomic mass is 35.5. The largest absolute Gasteiger partial charge is 0.453 e. The molecule has 0 unspecified atom stereocenters. The molecular weight excluding hydrogens is 380 g/mol. The highest BCUT2D eigenvalue weighted by Crippen LogP contribution is 2.27. The molecule has 7 nitrogen and oxygen atoms in total. The quantitative estimate of drug-likeness (QED) is 0.509. The van der Waals surface area contributed by atoms with E-state index in [2.05, 4.69) is 10.3 Å². The van der Waals surface area contributed by atoms with Gasteiger partial charge in [-0.15, -0.1) is 11.3 Å². The molecule has 132 valence electrons. The van der Waals surface area contributed by atoms with Gasteiger partial charge in [-0.05, 0) is 30.3 Å². The lowest BCUT2D eigenvalue weighted by molar-refractivity contribution is -0.119. The number of nitrogens with one attached hydrogen (secondary N) is 1. The Bertz CT molecular complexity index is 952. The first-order valence-electron chi connectivity index (χ1n) is 7.28. The molecule has 0 fully saturated rings. The third-order valence-corrected chi connectivity index (χ3v) is 4.24. The number of aromatic nitrogens is 1. The Balaban J connectivity index is 1.69. The molecule has 1 aromatic carbocycles. The first-order valence-corrected chi connectivity index (χ1v) is 8.54. The Morgan fingerprint density at radius 3 is 2.85 bits per heavy atom. The van der Waals surface area contributed by atoms with Crippen molar-refractivity contribution >= 4 is 46.2 Å². The summed E-state index contributed by atoms with van der Waals surface area (Å²) >= 11 is 7.29. The van der Waals surface area contributed by atoms with E-state index in [1.807, 2.05) is 0 Å². The summed E-state index contributed by atoms with van der Waals surface area (Å²) in [6.45, 7) is -0.477. The average Bonchev–Trinajstić information content (AvgIpc) is 3.31. The van der Waals surface area contributed by atoms with E-state index in [9.17, 15) is 14.4 Å². The van der Waals surface area contributed by atoms with E-state index in [1.165, 1.54) is 29.5 Å². The van der Waals surface area contributed by atoms with Crippen LogP contribution in [0.15, 0.2) is 46.3 Å². The number of esters is 1. The molecule has 0 radical (unpaired) electrons. The molecule has 2 heterocycles. The number of thiazole rings is 1. The van der Waals surface area contributed by atoms with E-state index in [1.54, 1.807) is 23.7 Å². The zero-order valence-electron chi connectivity index (χ0n) is 13.1. The molecule has 0 saturated carbocycles. The van der Waals surface area contributed by atoms with Crippen molar-refractivity contribution in [2.24, 2.45) is 0 Å². The number of furan rings is 1. The van der Waals surface area contributed by atoms with Crippen LogP contribution in [0, 0.1) is 0 Å². The van der Waals surface area contributed by atoms with Crippen LogP contribution in [0.3, 0.4) is 0 Å². The molecular formula is C17H11ClN2O5S. The second-order valence-corrected chi connectivity index (χ2v) is 6.28. The molecule has 9 heteroatoms. The second kappa shape index (κ2) is 7.94. The number of benzene rings is 1.